The largest absolute Gasteiger partial charge is 0.378 e. The van der Waals surface area contributed by atoms with Crippen LogP contribution in [0.5, 0.6) is 0 Å². The molecule has 0 saturated carbocycles. The summed E-state index contributed by atoms with van der Waals surface area (Å²) in [4.78, 5) is 4.83. The van der Waals surface area contributed by atoms with Crippen LogP contribution in [0.4, 0.5) is 0 Å². The molecule has 0 aromatic carbocycles. The van der Waals surface area contributed by atoms with Gasteiger partial charge in [0.1, 0.15) is 0 Å². The summed E-state index contributed by atoms with van der Waals surface area (Å²) in [6.07, 6.45) is 0. The molecule has 0 aliphatic carbocycles. The number of hydrogen-bond donors (Lipinski definition) is 1. The van der Waals surface area contributed by atoms with Crippen molar-refractivity contribution in [2.24, 2.45) is 5.73 Å². The van der Waals surface area contributed by atoms with Crippen molar-refractivity contribution in [3.8, 4) is 0 Å². The minimum absolute atomic E-state index is 0. The fourth-order valence-corrected chi connectivity index (χ4v) is 2.09. The van der Waals surface area contributed by atoms with E-state index in [-0.39, 0.29) is 43.3 Å². The fraction of sp³-hybridized carbons (Fsp3) is 1.00. The van der Waals surface area contributed by atoms with Crippen molar-refractivity contribution in [2.45, 2.75) is 12.1 Å². The number of likely N-dealkylation sites (N-methyl/N-ethyl adjacent to an activating group) is 1. The third kappa shape index (κ3) is 4.53. The third-order valence-electron chi connectivity index (χ3n) is 3.10. The molecule has 2 fully saturated rings. The Hall–Kier alpha value is 0.710. The van der Waals surface area contributed by atoms with E-state index in [1.807, 2.05) is 0 Å². The lowest BCUT2D eigenvalue weighted by molar-refractivity contribution is 0.0939. The highest BCUT2D eigenvalue weighted by atomic mass is 35.5. The molecule has 2 saturated heterocycles. The number of nitrogens with two attached hydrogens (primary N) is 1. The summed E-state index contributed by atoms with van der Waals surface area (Å²) in [6, 6.07) is 0.692. The second-order valence-electron chi connectivity index (χ2n) is 4.11. The summed E-state index contributed by atoms with van der Waals surface area (Å²) in [7, 11) is 2.17. The second kappa shape index (κ2) is 8.75. The number of rotatable bonds is 1. The molecule has 100 valence electrons. The maximum absolute atomic E-state index is 5.96. The molecule has 2 rings (SSSR count). The zero-order valence-electron chi connectivity index (χ0n) is 9.50. The van der Waals surface area contributed by atoms with Crippen LogP contribution in [0.3, 0.4) is 0 Å². The Balaban J connectivity index is 0. The average Bonchev–Trinajstić information content (AvgIpc) is 2.53. The van der Waals surface area contributed by atoms with E-state index in [0.717, 1.165) is 39.4 Å². The van der Waals surface area contributed by atoms with E-state index in [0.29, 0.717) is 6.04 Å². The summed E-state index contributed by atoms with van der Waals surface area (Å²) < 4.78 is 5.37. The van der Waals surface area contributed by atoms with Crippen LogP contribution in [0.1, 0.15) is 0 Å². The van der Waals surface area contributed by atoms with Gasteiger partial charge in [0.05, 0.1) is 19.3 Å². The van der Waals surface area contributed by atoms with Crippen LogP contribution < -0.4 is 5.73 Å². The van der Waals surface area contributed by atoms with Crippen LogP contribution in [0.15, 0.2) is 0 Å². The van der Waals surface area contributed by atoms with Crippen molar-refractivity contribution in [3.63, 3.8) is 0 Å². The van der Waals surface area contributed by atoms with Gasteiger partial charge in [-0.15, -0.1) is 37.2 Å². The molecule has 7 heteroatoms. The molecule has 16 heavy (non-hydrogen) atoms. The highest BCUT2D eigenvalue weighted by Gasteiger charge is 2.31. The van der Waals surface area contributed by atoms with Crippen LogP contribution in [0.2, 0.25) is 0 Å². The maximum Gasteiger partial charge on any atom is 0.0638 e. The van der Waals surface area contributed by atoms with Gasteiger partial charge in [0.2, 0.25) is 0 Å². The Morgan fingerprint density at radius 1 is 1.00 bits per heavy atom. The van der Waals surface area contributed by atoms with E-state index >= 15 is 0 Å². The predicted octanol–water partition coefficient (Wildman–Crippen LogP) is 0.225. The zero-order chi connectivity index (χ0) is 9.26. The van der Waals surface area contributed by atoms with E-state index in [1.54, 1.807) is 0 Å². The Labute approximate surface area is 116 Å². The van der Waals surface area contributed by atoms with E-state index in [2.05, 4.69) is 16.8 Å². The Kier molecular flexibility index (Phi) is 10.4. The van der Waals surface area contributed by atoms with Gasteiger partial charge in [-0.1, -0.05) is 0 Å². The number of piperazine rings is 1. The maximum atomic E-state index is 5.96. The molecule has 2 atom stereocenters. The molecule has 0 aromatic heterocycles. The standard InChI is InChI=1S/C9H19N3O.3ClH/c1-11-2-4-12(5-3-11)9-7-13-6-8(9)10;;;/h8-9H,2-7,10H2,1H3;3*1H. The van der Waals surface area contributed by atoms with Crippen molar-refractivity contribution in [1.82, 2.24) is 9.80 Å². The van der Waals surface area contributed by atoms with Crippen LogP contribution >= 0.6 is 37.2 Å². The van der Waals surface area contributed by atoms with Gasteiger partial charge >= 0.3 is 0 Å². The summed E-state index contributed by atoms with van der Waals surface area (Å²) >= 11 is 0. The Morgan fingerprint density at radius 2 is 1.56 bits per heavy atom. The van der Waals surface area contributed by atoms with Crippen molar-refractivity contribution < 1.29 is 4.74 Å². The Bertz CT molecular complexity index is 179. The Morgan fingerprint density at radius 3 is 2.00 bits per heavy atom. The minimum atomic E-state index is 0. The van der Waals surface area contributed by atoms with Crippen molar-refractivity contribution in [1.29, 1.82) is 0 Å². The summed E-state index contributed by atoms with van der Waals surface area (Å²) in [5.41, 5.74) is 5.96. The molecule has 4 nitrogen and oxygen atoms in total. The van der Waals surface area contributed by atoms with Gasteiger partial charge in [0, 0.05) is 32.2 Å². The molecule has 2 aliphatic heterocycles. The first-order valence-corrected chi connectivity index (χ1v) is 5.03. The monoisotopic (exact) mass is 293 g/mol. The summed E-state index contributed by atoms with van der Waals surface area (Å²) in [5.74, 6) is 0. The van der Waals surface area contributed by atoms with Crippen molar-refractivity contribution >= 4 is 37.2 Å². The molecule has 0 radical (unpaired) electrons. The van der Waals surface area contributed by atoms with Crippen molar-refractivity contribution in [3.05, 3.63) is 0 Å². The lowest BCUT2D eigenvalue weighted by atomic mass is 10.1. The lowest BCUT2D eigenvalue weighted by Crippen LogP contribution is -2.54. The lowest BCUT2D eigenvalue weighted by Gasteiger charge is -2.37. The number of nitrogens with zero attached hydrogens (tertiary/aromatic N) is 2. The summed E-state index contributed by atoms with van der Waals surface area (Å²) in [6.45, 7) is 6.14. The average molecular weight is 295 g/mol. The third-order valence-corrected chi connectivity index (χ3v) is 3.10. The molecule has 2 aliphatic rings. The van der Waals surface area contributed by atoms with E-state index in [1.165, 1.54) is 0 Å². The van der Waals surface area contributed by atoms with Crippen LogP contribution in [0.25, 0.3) is 0 Å². The molecule has 0 aromatic rings. The second-order valence-corrected chi connectivity index (χ2v) is 4.11. The van der Waals surface area contributed by atoms with Gasteiger partial charge in [-0.2, -0.15) is 0 Å². The number of halogens is 3. The van der Waals surface area contributed by atoms with Gasteiger partial charge in [-0.25, -0.2) is 0 Å². The summed E-state index contributed by atoms with van der Waals surface area (Å²) in [5, 5.41) is 0. The quantitative estimate of drug-likeness (QED) is 0.751. The predicted molar refractivity (Wildman–Crippen MR) is 73.4 cm³/mol. The first-order chi connectivity index (χ1) is 6.27. The van der Waals surface area contributed by atoms with Gasteiger partial charge < -0.3 is 15.4 Å². The highest BCUT2D eigenvalue weighted by molar-refractivity contribution is 5.86. The van der Waals surface area contributed by atoms with Crippen LogP contribution in [-0.2, 0) is 4.74 Å². The first-order valence-electron chi connectivity index (χ1n) is 5.03. The normalized spacial score (nSPS) is 31.1. The topological polar surface area (TPSA) is 41.7 Å². The smallest absolute Gasteiger partial charge is 0.0638 e. The number of hydrogen-bond acceptors (Lipinski definition) is 4. The van der Waals surface area contributed by atoms with Crippen LogP contribution in [0, 0.1) is 0 Å². The fourth-order valence-electron chi connectivity index (χ4n) is 2.09. The molecular formula is C9H22Cl3N3O. The first kappa shape index (κ1) is 19.1. The van der Waals surface area contributed by atoms with Gasteiger partial charge in [-0.3, -0.25) is 4.90 Å². The van der Waals surface area contributed by atoms with E-state index in [9.17, 15) is 0 Å². The molecule has 2 unspecified atom stereocenters. The van der Waals surface area contributed by atoms with Gasteiger partial charge in [0.25, 0.3) is 0 Å². The van der Waals surface area contributed by atoms with Crippen molar-refractivity contribution in [2.75, 3.05) is 46.4 Å². The molecule has 2 heterocycles. The SMILES string of the molecule is CN1CCN(C2COCC2N)CC1.Cl.Cl.Cl. The van der Waals surface area contributed by atoms with Crippen LogP contribution in [-0.4, -0.2) is 68.3 Å². The molecule has 2 N–H and O–H groups in total. The highest BCUT2D eigenvalue weighted by Crippen LogP contribution is 2.13. The van der Waals surface area contributed by atoms with Gasteiger partial charge in [0.15, 0.2) is 0 Å². The van der Waals surface area contributed by atoms with E-state index in [4.69, 9.17) is 10.5 Å². The zero-order valence-corrected chi connectivity index (χ0v) is 12.0. The molecule has 0 spiro atoms. The van der Waals surface area contributed by atoms with E-state index < -0.39 is 0 Å². The molecule has 0 amide bonds. The minimum Gasteiger partial charge on any atom is -0.378 e. The molecular weight excluding hydrogens is 272 g/mol. The number of ether oxygens (including phenoxy) is 1. The van der Waals surface area contributed by atoms with Gasteiger partial charge in [-0.05, 0) is 7.05 Å². The molecule has 0 bridgehead atoms.